The molecule has 6 heteroatoms. The number of aryl methyl sites for hydroxylation is 1. The molecule has 2 aromatic heterocycles. The van der Waals surface area contributed by atoms with Crippen molar-refractivity contribution in [3.8, 4) is 0 Å². The summed E-state index contributed by atoms with van der Waals surface area (Å²) in [6.45, 7) is 2.02. The number of aromatic amines is 1. The van der Waals surface area contributed by atoms with Crippen LogP contribution in [-0.4, -0.2) is 32.6 Å². The lowest BCUT2D eigenvalue weighted by Gasteiger charge is -1.88. The maximum Gasteiger partial charge on any atom is 0.208 e. The van der Waals surface area contributed by atoms with Gasteiger partial charge in [0.1, 0.15) is 17.3 Å². The first-order chi connectivity index (χ1) is 8.28. The number of aliphatic hydroxyl groups excluding tert-OH is 1. The van der Waals surface area contributed by atoms with Gasteiger partial charge in [-0.05, 0) is 31.2 Å². The molecule has 90 valence electrons. The maximum atomic E-state index is 8.68. The molecule has 0 radical (unpaired) electrons. The van der Waals surface area contributed by atoms with Gasteiger partial charge in [0.05, 0.1) is 6.61 Å². The predicted octanol–water partition coefficient (Wildman–Crippen LogP) is 1.96. The summed E-state index contributed by atoms with van der Waals surface area (Å²) in [6, 6.07) is 3.80. The number of furan rings is 1. The van der Waals surface area contributed by atoms with Crippen molar-refractivity contribution in [2.75, 3.05) is 12.4 Å². The number of hydrogen-bond donors (Lipinski definition) is 2. The lowest BCUT2D eigenvalue weighted by Crippen LogP contribution is -1.86. The fourth-order valence-corrected chi connectivity index (χ4v) is 1.79. The molecule has 0 amide bonds. The highest BCUT2D eigenvalue weighted by Gasteiger charge is 2.00. The fourth-order valence-electron chi connectivity index (χ4n) is 1.24. The number of aromatic nitrogens is 3. The van der Waals surface area contributed by atoms with Crippen molar-refractivity contribution in [2.45, 2.75) is 12.1 Å². The van der Waals surface area contributed by atoms with Crippen LogP contribution < -0.4 is 0 Å². The minimum Gasteiger partial charge on any atom is -0.462 e. The van der Waals surface area contributed by atoms with Gasteiger partial charge in [0.2, 0.25) is 5.16 Å². The van der Waals surface area contributed by atoms with Crippen LogP contribution in [0.2, 0.25) is 0 Å². The average Bonchev–Trinajstić information content (AvgIpc) is 2.93. The van der Waals surface area contributed by atoms with E-state index in [1.165, 1.54) is 11.8 Å². The summed E-state index contributed by atoms with van der Waals surface area (Å²) in [5.41, 5.74) is 0. The molecule has 0 bridgehead atoms. The molecule has 0 fully saturated rings. The van der Waals surface area contributed by atoms with Crippen LogP contribution in [0.4, 0.5) is 0 Å². The van der Waals surface area contributed by atoms with E-state index in [-0.39, 0.29) is 6.61 Å². The Balaban J connectivity index is 1.98. The third kappa shape index (κ3) is 3.47. The minimum atomic E-state index is 0.121. The fraction of sp³-hybridized carbons (Fsp3) is 0.273. The molecule has 0 aliphatic rings. The number of H-pyrrole nitrogens is 1. The van der Waals surface area contributed by atoms with E-state index in [1.54, 1.807) is 6.08 Å². The summed E-state index contributed by atoms with van der Waals surface area (Å²) in [5, 5.41) is 16.1. The van der Waals surface area contributed by atoms with Crippen molar-refractivity contribution in [1.82, 2.24) is 15.2 Å². The molecule has 0 saturated heterocycles. The quantitative estimate of drug-likeness (QED) is 0.794. The summed E-state index contributed by atoms with van der Waals surface area (Å²) in [7, 11) is 0. The topological polar surface area (TPSA) is 74.9 Å². The van der Waals surface area contributed by atoms with Crippen LogP contribution in [0, 0.1) is 6.92 Å². The molecule has 2 N–H and O–H groups in total. The van der Waals surface area contributed by atoms with Crippen LogP contribution in [0.15, 0.2) is 21.7 Å². The van der Waals surface area contributed by atoms with E-state index in [0.29, 0.717) is 16.7 Å². The molecule has 0 aliphatic carbocycles. The van der Waals surface area contributed by atoms with Crippen molar-refractivity contribution in [3.05, 3.63) is 29.5 Å². The first-order valence-corrected chi connectivity index (χ1v) is 6.17. The Kier molecular flexibility index (Phi) is 4.00. The Bertz CT molecular complexity index is 504. The molecule has 2 aromatic rings. The van der Waals surface area contributed by atoms with E-state index >= 15 is 0 Å². The number of thioether (sulfide) groups is 1. The molecule has 0 spiro atoms. The van der Waals surface area contributed by atoms with E-state index in [9.17, 15) is 0 Å². The maximum absolute atomic E-state index is 8.68. The second kappa shape index (κ2) is 5.70. The first kappa shape index (κ1) is 11.9. The molecule has 0 aromatic carbocycles. The van der Waals surface area contributed by atoms with Gasteiger partial charge in [0.15, 0.2) is 0 Å². The minimum absolute atomic E-state index is 0.121. The molecule has 5 nitrogen and oxygen atoms in total. The van der Waals surface area contributed by atoms with Gasteiger partial charge < -0.3 is 9.52 Å². The Morgan fingerprint density at radius 2 is 2.35 bits per heavy atom. The second-order valence-electron chi connectivity index (χ2n) is 3.36. The van der Waals surface area contributed by atoms with Crippen LogP contribution in [0.5, 0.6) is 0 Å². The van der Waals surface area contributed by atoms with Crippen LogP contribution >= 0.6 is 11.8 Å². The first-order valence-electron chi connectivity index (χ1n) is 5.18. The Morgan fingerprint density at radius 1 is 1.47 bits per heavy atom. The second-order valence-corrected chi connectivity index (χ2v) is 4.42. The zero-order chi connectivity index (χ0) is 12.1. The van der Waals surface area contributed by atoms with E-state index in [2.05, 4.69) is 15.2 Å². The normalized spacial score (nSPS) is 11.4. The lowest BCUT2D eigenvalue weighted by atomic mass is 10.4. The molecular weight excluding hydrogens is 238 g/mol. The van der Waals surface area contributed by atoms with Gasteiger partial charge in [-0.2, -0.15) is 0 Å². The monoisotopic (exact) mass is 251 g/mol. The van der Waals surface area contributed by atoms with Crippen LogP contribution in [0.1, 0.15) is 17.3 Å². The highest BCUT2D eigenvalue weighted by Crippen LogP contribution is 2.13. The molecule has 0 aliphatic heterocycles. The zero-order valence-corrected chi connectivity index (χ0v) is 10.2. The van der Waals surface area contributed by atoms with Crippen molar-refractivity contribution in [3.63, 3.8) is 0 Å². The molecular formula is C11H13N3O2S. The molecule has 2 rings (SSSR count). The van der Waals surface area contributed by atoms with E-state index in [1.807, 2.05) is 25.1 Å². The highest BCUT2D eigenvalue weighted by molar-refractivity contribution is 7.99. The summed E-state index contributed by atoms with van der Waals surface area (Å²) in [6.07, 6.45) is 3.63. The van der Waals surface area contributed by atoms with Crippen molar-refractivity contribution in [2.24, 2.45) is 0 Å². The van der Waals surface area contributed by atoms with Crippen molar-refractivity contribution in [1.29, 1.82) is 0 Å². The third-order valence-electron chi connectivity index (χ3n) is 1.97. The molecule has 17 heavy (non-hydrogen) atoms. The molecule has 0 atom stereocenters. The molecule has 0 unspecified atom stereocenters. The lowest BCUT2D eigenvalue weighted by molar-refractivity contribution is 0.322. The number of nitrogens with zero attached hydrogens (tertiary/aromatic N) is 2. The zero-order valence-electron chi connectivity index (χ0n) is 9.38. The van der Waals surface area contributed by atoms with Gasteiger partial charge in [0.25, 0.3) is 0 Å². The van der Waals surface area contributed by atoms with E-state index in [0.717, 1.165) is 11.5 Å². The van der Waals surface area contributed by atoms with E-state index < -0.39 is 0 Å². The summed E-state index contributed by atoms with van der Waals surface area (Å²) < 4.78 is 5.39. The van der Waals surface area contributed by atoms with Crippen LogP contribution in [-0.2, 0) is 0 Å². The highest BCUT2D eigenvalue weighted by atomic mass is 32.2. The average molecular weight is 251 g/mol. The van der Waals surface area contributed by atoms with Gasteiger partial charge in [0, 0.05) is 5.75 Å². The largest absolute Gasteiger partial charge is 0.462 e. The number of hydrogen-bond acceptors (Lipinski definition) is 5. The summed E-state index contributed by atoms with van der Waals surface area (Å²) >= 11 is 1.41. The summed E-state index contributed by atoms with van der Waals surface area (Å²) in [4.78, 5) is 4.23. The van der Waals surface area contributed by atoms with Gasteiger partial charge in [-0.1, -0.05) is 11.8 Å². The molecule has 2 heterocycles. The van der Waals surface area contributed by atoms with Crippen LogP contribution in [0.3, 0.4) is 0 Å². The van der Waals surface area contributed by atoms with E-state index in [4.69, 9.17) is 9.52 Å². The van der Waals surface area contributed by atoms with Gasteiger partial charge in [-0.3, -0.25) is 5.10 Å². The van der Waals surface area contributed by atoms with Crippen molar-refractivity contribution >= 4 is 23.9 Å². The smallest absolute Gasteiger partial charge is 0.208 e. The Morgan fingerprint density at radius 3 is 3.06 bits per heavy atom. The number of rotatable bonds is 5. The number of nitrogens with one attached hydrogen (secondary N) is 1. The Hall–Kier alpha value is -1.53. The Labute approximate surface area is 103 Å². The predicted molar refractivity (Wildman–Crippen MR) is 66.6 cm³/mol. The SMILES string of the molecule is Cc1ccc(/C=C/c2nc(SCCO)n[nH]2)o1. The van der Waals surface area contributed by atoms with Gasteiger partial charge >= 0.3 is 0 Å². The standard InChI is InChI=1S/C11H13N3O2S/c1-8-2-3-9(16-8)4-5-10-12-11(14-13-10)17-7-6-15/h2-5,15H,6-7H2,1H3,(H,12,13,14)/b5-4+. The number of aliphatic hydroxyl groups is 1. The summed E-state index contributed by atoms with van der Waals surface area (Å²) in [5.74, 6) is 2.92. The van der Waals surface area contributed by atoms with Gasteiger partial charge in [-0.25, -0.2) is 4.98 Å². The van der Waals surface area contributed by atoms with Crippen molar-refractivity contribution < 1.29 is 9.52 Å². The molecule has 0 saturated carbocycles. The third-order valence-corrected chi connectivity index (χ3v) is 2.80. The van der Waals surface area contributed by atoms with Crippen LogP contribution in [0.25, 0.3) is 12.2 Å². The van der Waals surface area contributed by atoms with Gasteiger partial charge in [-0.15, -0.1) is 5.10 Å².